The standard InChI is InChI=1S/C10H13NO2/c1-6(2)8-3-7(5-12)10(13)4-9(8)11/h3-6,13H,11H2,1-2H3. The molecular formula is C10H13NO2. The minimum Gasteiger partial charge on any atom is -0.507 e. The van der Waals surface area contributed by atoms with Gasteiger partial charge >= 0.3 is 0 Å². The lowest BCUT2D eigenvalue weighted by Gasteiger charge is -2.10. The van der Waals surface area contributed by atoms with Crippen molar-refractivity contribution in [3.63, 3.8) is 0 Å². The SMILES string of the molecule is CC(C)c1cc(C=O)c(O)cc1N. The van der Waals surface area contributed by atoms with Gasteiger partial charge < -0.3 is 10.8 Å². The van der Waals surface area contributed by atoms with Crippen molar-refractivity contribution in [3.05, 3.63) is 23.3 Å². The lowest BCUT2D eigenvalue weighted by Crippen LogP contribution is -1.98. The third-order valence-electron chi connectivity index (χ3n) is 1.98. The van der Waals surface area contributed by atoms with Gasteiger partial charge in [0.05, 0.1) is 5.56 Å². The van der Waals surface area contributed by atoms with Gasteiger partial charge in [-0.15, -0.1) is 0 Å². The first-order valence-corrected chi connectivity index (χ1v) is 4.13. The Labute approximate surface area is 77.2 Å². The van der Waals surface area contributed by atoms with E-state index in [1.54, 1.807) is 6.07 Å². The largest absolute Gasteiger partial charge is 0.507 e. The first-order chi connectivity index (χ1) is 6.06. The summed E-state index contributed by atoms with van der Waals surface area (Å²) < 4.78 is 0. The molecule has 0 saturated heterocycles. The van der Waals surface area contributed by atoms with E-state index >= 15 is 0 Å². The summed E-state index contributed by atoms with van der Waals surface area (Å²) in [6.45, 7) is 3.97. The van der Waals surface area contributed by atoms with Crippen molar-refractivity contribution >= 4 is 12.0 Å². The van der Waals surface area contributed by atoms with Crippen molar-refractivity contribution in [2.75, 3.05) is 5.73 Å². The van der Waals surface area contributed by atoms with Gasteiger partial charge in [-0.2, -0.15) is 0 Å². The topological polar surface area (TPSA) is 63.3 Å². The number of rotatable bonds is 2. The average molecular weight is 179 g/mol. The van der Waals surface area contributed by atoms with E-state index in [1.165, 1.54) is 6.07 Å². The van der Waals surface area contributed by atoms with Crippen molar-refractivity contribution in [2.24, 2.45) is 0 Å². The molecule has 3 N–H and O–H groups in total. The Bertz CT molecular complexity index is 332. The Morgan fingerprint density at radius 3 is 2.54 bits per heavy atom. The fraction of sp³-hybridized carbons (Fsp3) is 0.300. The Morgan fingerprint density at radius 1 is 1.46 bits per heavy atom. The number of hydrogen-bond acceptors (Lipinski definition) is 3. The molecule has 0 atom stereocenters. The second kappa shape index (κ2) is 3.47. The van der Waals surface area contributed by atoms with Gasteiger partial charge in [-0.25, -0.2) is 0 Å². The van der Waals surface area contributed by atoms with Crippen molar-refractivity contribution in [1.82, 2.24) is 0 Å². The third kappa shape index (κ3) is 1.80. The van der Waals surface area contributed by atoms with Crippen LogP contribution >= 0.6 is 0 Å². The van der Waals surface area contributed by atoms with Gasteiger partial charge in [-0.05, 0) is 17.5 Å². The second-order valence-corrected chi connectivity index (χ2v) is 3.31. The number of aldehydes is 1. The van der Waals surface area contributed by atoms with Gasteiger partial charge in [0.1, 0.15) is 5.75 Å². The van der Waals surface area contributed by atoms with Crippen LogP contribution in [-0.4, -0.2) is 11.4 Å². The zero-order chi connectivity index (χ0) is 10.0. The summed E-state index contributed by atoms with van der Waals surface area (Å²) >= 11 is 0. The molecule has 3 nitrogen and oxygen atoms in total. The number of aromatic hydroxyl groups is 1. The van der Waals surface area contributed by atoms with Gasteiger partial charge in [-0.3, -0.25) is 4.79 Å². The highest BCUT2D eigenvalue weighted by molar-refractivity contribution is 5.81. The third-order valence-corrected chi connectivity index (χ3v) is 1.98. The summed E-state index contributed by atoms with van der Waals surface area (Å²) in [5.74, 6) is 0.191. The summed E-state index contributed by atoms with van der Waals surface area (Å²) in [5, 5.41) is 9.29. The van der Waals surface area contributed by atoms with E-state index in [0.717, 1.165) is 5.56 Å². The number of hydrogen-bond donors (Lipinski definition) is 2. The number of carbonyl (C=O) groups excluding carboxylic acids is 1. The van der Waals surface area contributed by atoms with E-state index in [1.807, 2.05) is 13.8 Å². The van der Waals surface area contributed by atoms with E-state index < -0.39 is 0 Å². The summed E-state index contributed by atoms with van der Waals surface area (Å²) in [5.41, 5.74) is 7.37. The minimum atomic E-state index is -0.0584. The first kappa shape index (κ1) is 9.58. The van der Waals surface area contributed by atoms with Crippen LogP contribution in [0.3, 0.4) is 0 Å². The highest BCUT2D eigenvalue weighted by Crippen LogP contribution is 2.28. The molecule has 3 heteroatoms. The molecule has 0 amide bonds. The lowest BCUT2D eigenvalue weighted by atomic mass is 9.98. The summed E-state index contributed by atoms with van der Waals surface area (Å²) in [7, 11) is 0. The van der Waals surface area contributed by atoms with E-state index in [2.05, 4.69) is 0 Å². The average Bonchev–Trinajstić information content (AvgIpc) is 2.03. The fourth-order valence-electron chi connectivity index (χ4n) is 1.23. The van der Waals surface area contributed by atoms with E-state index in [-0.39, 0.29) is 17.2 Å². The van der Waals surface area contributed by atoms with E-state index in [4.69, 9.17) is 5.73 Å². The normalized spacial score (nSPS) is 10.4. The molecule has 0 aliphatic rings. The Kier molecular flexibility index (Phi) is 2.56. The predicted octanol–water partition coefficient (Wildman–Crippen LogP) is 1.91. The number of nitrogens with two attached hydrogens (primary N) is 1. The molecule has 70 valence electrons. The van der Waals surface area contributed by atoms with Crippen LogP contribution in [0.15, 0.2) is 12.1 Å². The second-order valence-electron chi connectivity index (χ2n) is 3.31. The molecule has 1 aromatic carbocycles. The van der Waals surface area contributed by atoms with Crippen molar-refractivity contribution in [2.45, 2.75) is 19.8 Å². The maximum absolute atomic E-state index is 10.5. The zero-order valence-electron chi connectivity index (χ0n) is 7.74. The Hall–Kier alpha value is -1.51. The van der Waals surface area contributed by atoms with Crippen LogP contribution in [-0.2, 0) is 0 Å². The van der Waals surface area contributed by atoms with Gasteiger partial charge in [0.2, 0.25) is 0 Å². The monoisotopic (exact) mass is 179 g/mol. The van der Waals surface area contributed by atoms with Crippen LogP contribution in [0.5, 0.6) is 5.75 Å². The van der Waals surface area contributed by atoms with Crippen molar-refractivity contribution in [3.8, 4) is 5.75 Å². The van der Waals surface area contributed by atoms with Gasteiger partial charge in [0.15, 0.2) is 6.29 Å². The van der Waals surface area contributed by atoms with Crippen LogP contribution in [0.2, 0.25) is 0 Å². The minimum absolute atomic E-state index is 0.0584. The van der Waals surface area contributed by atoms with Crippen molar-refractivity contribution < 1.29 is 9.90 Å². The molecule has 0 unspecified atom stereocenters. The molecule has 0 aromatic heterocycles. The highest BCUT2D eigenvalue weighted by Gasteiger charge is 2.08. The molecular weight excluding hydrogens is 166 g/mol. The number of carbonyl (C=O) groups is 1. The van der Waals surface area contributed by atoms with Crippen LogP contribution in [0.1, 0.15) is 35.7 Å². The molecule has 0 radical (unpaired) electrons. The van der Waals surface area contributed by atoms with Crippen LogP contribution in [0.4, 0.5) is 5.69 Å². The van der Waals surface area contributed by atoms with Crippen LogP contribution in [0, 0.1) is 0 Å². The molecule has 0 saturated carbocycles. The lowest BCUT2D eigenvalue weighted by molar-refractivity contribution is 0.112. The first-order valence-electron chi connectivity index (χ1n) is 4.13. The number of phenolic OH excluding ortho intramolecular Hbond substituents is 1. The number of benzene rings is 1. The predicted molar refractivity (Wildman–Crippen MR) is 52.0 cm³/mol. The van der Waals surface area contributed by atoms with Crippen LogP contribution < -0.4 is 5.73 Å². The summed E-state index contributed by atoms with van der Waals surface area (Å²) in [6, 6.07) is 3.04. The maximum Gasteiger partial charge on any atom is 0.153 e. The van der Waals surface area contributed by atoms with Gasteiger partial charge in [0.25, 0.3) is 0 Å². The molecule has 0 aliphatic carbocycles. The quantitative estimate of drug-likeness (QED) is 0.538. The molecule has 0 fully saturated rings. The van der Waals surface area contributed by atoms with Gasteiger partial charge in [0, 0.05) is 11.8 Å². The molecule has 0 aliphatic heterocycles. The van der Waals surface area contributed by atoms with E-state index in [0.29, 0.717) is 12.0 Å². The van der Waals surface area contributed by atoms with Crippen LogP contribution in [0.25, 0.3) is 0 Å². The van der Waals surface area contributed by atoms with Gasteiger partial charge in [-0.1, -0.05) is 13.8 Å². The molecule has 13 heavy (non-hydrogen) atoms. The number of phenols is 1. The highest BCUT2D eigenvalue weighted by atomic mass is 16.3. The summed E-state index contributed by atoms with van der Waals surface area (Å²) in [4.78, 5) is 10.5. The maximum atomic E-state index is 10.5. The van der Waals surface area contributed by atoms with Crippen molar-refractivity contribution in [1.29, 1.82) is 0 Å². The fourth-order valence-corrected chi connectivity index (χ4v) is 1.23. The zero-order valence-corrected chi connectivity index (χ0v) is 7.74. The molecule has 1 rings (SSSR count). The summed E-state index contributed by atoms with van der Waals surface area (Å²) in [6.07, 6.45) is 0.626. The molecule has 1 aromatic rings. The number of nitrogen functional groups attached to an aromatic ring is 1. The molecule has 0 spiro atoms. The smallest absolute Gasteiger partial charge is 0.153 e. The van der Waals surface area contributed by atoms with E-state index in [9.17, 15) is 9.90 Å². The molecule has 0 heterocycles. The Balaban J connectivity index is 3.30. The molecule has 0 bridgehead atoms. The Morgan fingerprint density at radius 2 is 2.08 bits per heavy atom. The number of anilines is 1.